The molecule has 3 aromatic carbocycles. The molecule has 0 saturated heterocycles. The van der Waals surface area contributed by atoms with Crippen molar-refractivity contribution in [2.75, 3.05) is 0 Å². The van der Waals surface area contributed by atoms with Crippen molar-refractivity contribution in [3.8, 4) is 17.2 Å². The van der Waals surface area contributed by atoms with Crippen LogP contribution < -0.4 is 9.47 Å². The van der Waals surface area contributed by atoms with Crippen molar-refractivity contribution in [2.24, 2.45) is 0 Å². The van der Waals surface area contributed by atoms with E-state index in [1.165, 1.54) is 5.56 Å². The molecule has 0 aromatic heterocycles. The maximum atomic E-state index is 12.9. The molecule has 0 amide bonds. The summed E-state index contributed by atoms with van der Waals surface area (Å²) in [4.78, 5) is 12.9. The van der Waals surface area contributed by atoms with Gasteiger partial charge in [-0.05, 0) is 99.5 Å². The largest absolute Gasteiger partial charge is 0.488 e. The van der Waals surface area contributed by atoms with Gasteiger partial charge in [-0.3, -0.25) is 4.79 Å². The number of rotatable bonds is 5. The molecule has 0 N–H and O–H groups in total. The Morgan fingerprint density at radius 2 is 1.24 bits per heavy atom. The minimum absolute atomic E-state index is 0.00824. The van der Waals surface area contributed by atoms with Gasteiger partial charge in [-0.1, -0.05) is 45.0 Å². The maximum Gasteiger partial charge on any atom is 0.193 e. The summed E-state index contributed by atoms with van der Waals surface area (Å²) in [5.74, 6) is 2.41. The molecule has 174 valence electrons. The van der Waals surface area contributed by atoms with E-state index in [1.54, 1.807) is 0 Å². The van der Waals surface area contributed by atoms with Gasteiger partial charge in [-0.2, -0.15) is 0 Å². The number of hydrogen-bond acceptors (Lipinski definition) is 3. The Bertz CT molecular complexity index is 1140. The molecule has 0 spiro atoms. The fourth-order valence-corrected chi connectivity index (χ4v) is 3.69. The molecule has 3 rings (SSSR count). The van der Waals surface area contributed by atoms with Crippen LogP contribution in [0.25, 0.3) is 0 Å². The third-order valence-corrected chi connectivity index (χ3v) is 5.74. The zero-order chi connectivity index (χ0) is 24.6. The molecule has 0 aliphatic carbocycles. The van der Waals surface area contributed by atoms with Gasteiger partial charge < -0.3 is 9.47 Å². The molecule has 3 nitrogen and oxygen atoms in total. The first-order valence-corrected chi connectivity index (χ1v) is 11.5. The summed E-state index contributed by atoms with van der Waals surface area (Å²) < 4.78 is 12.3. The average molecular weight is 445 g/mol. The maximum absolute atomic E-state index is 12.9. The number of hydrogen-bond donors (Lipinski definition) is 0. The van der Waals surface area contributed by atoms with Crippen LogP contribution in [0.4, 0.5) is 0 Å². The summed E-state index contributed by atoms with van der Waals surface area (Å²) in [5, 5.41) is 0. The normalized spacial score (nSPS) is 11.9. The van der Waals surface area contributed by atoms with Gasteiger partial charge in [0.1, 0.15) is 22.8 Å². The number of ketones is 1. The highest BCUT2D eigenvalue weighted by molar-refractivity contribution is 6.09. The molecule has 3 aromatic rings. The predicted molar refractivity (Wildman–Crippen MR) is 136 cm³/mol. The molecule has 0 unspecified atom stereocenters. The summed E-state index contributed by atoms with van der Waals surface area (Å²) in [6.07, 6.45) is 0. The van der Waals surface area contributed by atoms with E-state index in [-0.39, 0.29) is 16.8 Å². The smallest absolute Gasteiger partial charge is 0.193 e. The van der Waals surface area contributed by atoms with Crippen LogP contribution in [-0.2, 0) is 5.41 Å². The minimum Gasteiger partial charge on any atom is -0.488 e. The van der Waals surface area contributed by atoms with Crippen molar-refractivity contribution in [1.82, 2.24) is 0 Å². The summed E-state index contributed by atoms with van der Waals surface area (Å²) in [5.41, 5.74) is 5.47. The second-order valence-electron chi connectivity index (χ2n) is 10.8. The Labute approximate surface area is 198 Å². The first-order chi connectivity index (χ1) is 15.3. The standard InChI is InChI=1S/C30H36O3/c1-19-18-26(33-30(7,8)9)20(2)21(3)28(19)32-25-16-12-23(13-17-25)27(31)22-10-14-24(15-11-22)29(4,5)6/h10-18H,1-9H3. The van der Waals surface area contributed by atoms with E-state index >= 15 is 0 Å². The number of aryl methyl sites for hydroxylation is 1. The number of ether oxygens (including phenoxy) is 2. The van der Waals surface area contributed by atoms with Crippen LogP contribution in [0.2, 0.25) is 0 Å². The second kappa shape index (κ2) is 9.05. The van der Waals surface area contributed by atoms with E-state index in [0.29, 0.717) is 16.9 Å². The molecular formula is C30H36O3. The topological polar surface area (TPSA) is 35.5 Å². The number of carbonyl (C=O) groups is 1. The summed E-state index contributed by atoms with van der Waals surface area (Å²) in [6.45, 7) is 18.8. The molecule has 0 atom stereocenters. The quantitative estimate of drug-likeness (QED) is 0.373. The Kier molecular flexibility index (Phi) is 6.74. The zero-order valence-electron chi connectivity index (χ0n) is 21.4. The monoisotopic (exact) mass is 444 g/mol. The highest BCUT2D eigenvalue weighted by atomic mass is 16.5. The first-order valence-electron chi connectivity index (χ1n) is 11.5. The lowest BCUT2D eigenvalue weighted by Crippen LogP contribution is -2.23. The van der Waals surface area contributed by atoms with Crippen LogP contribution >= 0.6 is 0 Å². The summed E-state index contributed by atoms with van der Waals surface area (Å²) in [6, 6.07) is 17.3. The van der Waals surface area contributed by atoms with E-state index in [2.05, 4.69) is 27.7 Å². The van der Waals surface area contributed by atoms with Crippen molar-refractivity contribution in [2.45, 2.75) is 73.3 Å². The molecular weight excluding hydrogens is 408 g/mol. The van der Waals surface area contributed by atoms with Gasteiger partial charge in [0.25, 0.3) is 0 Å². The van der Waals surface area contributed by atoms with Crippen LogP contribution in [0.15, 0.2) is 54.6 Å². The highest BCUT2D eigenvalue weighted by Gasteiger charge is 2.19. The zero-order valence-corrected chi connectivity index (χ0v) is 21.4. The van der Waals surface area contributed by atoms with Gasteiger partial charge >= 0.3 is 0 Å². The number of benzene rings is 3. The van der Waals surface area contributed by atoms with Crippen LogP contribution in [0.3, 0.4) is 0 Å². The van der Waals surface area contributed by atoms with Crippen LogP contribution in [0.5, 0.6) is 17.2 Å². The lowest BCUT2D eigenvalue weighted by atomic mass is 9.86. The van der Waals surface area contributed by atoms with Gasteiger partial charge in [0.2, 0.25) is 0 Å². The minimum atomic E-state index is -0.262. The molecule has 0 fully saturated rings. The molecule has 0 saturated carbocycles. The van der Waals surface area contributed by atoms with Gasteiger partial charge in [-0.15, -0.1) is 0 Å². The Morgan fingerprint density at radius 3 is 1.73 bits per heavy atom. The Balaban J connectivity index is 1.80. The summed E-state index contributed by atoms with van der Waals surface area (Å²) in [7, 11) is 0. The van der Waals surface area contributed by atoms with Crippen molar-refractivity contribution in [3.05, 3.63) is 88.0 Å². The van der Waals surface area contributed by atoms with Gasteiger partial charge in [0, 0.05) is 11.1 Å². The Morgan fingerprint density at radius 1 is 0.727 bits per heavy atom. The van der Waals surface area contributed by atoms with Crippen molar-refractivity contribution in [1.29, 1.82) is 0 Å². The fraction of sp³-hybridized carbons (Fsp3) is 0.367. The molecule has 0 aliphatic rings. The molecule has 0 aliphatic heterocycles. The van der Waals surface area contributed by atoms with Crippen molar-refractivity contribution in [3.63, 3.8) is 0 Å². The second-order valence-corrected chi connectivity index (χ2v) is 10.8. The molecule has 3 heteroatoms. The van der Waals surface area contributed by atoms with Gasteiger partial charge in [-0.25, -0.2) is 0 Å². The van der Waals surface area contributed by atoms with Crippen LogP contribution in [0.1, 0.15) is 79.7 Å². The third kappa shape index (κ3) is 5.84. The SMILES string of the molecule is Cc1cc(OC(C)(C)C)c(C)c(C)c1Oc1ccc(C(=O)c2ccc(C(C)(C)C)cc2)cc1. The van der Waals surface area contributed by atoms with Crippen LogP contribution in [-0.4, -0.2) is 11.4 Å². The highest BCUT2D eigenvalue weighted by Crippen LogP contribution is 2.37. The van der Waals surface area contributed by atoms with E-state index in [9.17, 15) is 4.79 Å². The van der Waals surface area contributed by atoms with Crippen LogP contribution in [0, 0.1) is 20.8 Å². The molecule has 33 heavy (non-hydrogen) atoms. The third-order valence-electron chi connectivity index (χ3n) is 5.74. The Hall–Kier alpha value is -3.07. The van der Waals surface area contributed by atoms with Gasteiger partial charge in [0.15, 0.2) is 5.78 Å². The van der Waals surface area contributed by atoms with E-state index in [4.69, 9.17) is 9.47 Å². The van der Waals surface area contributed by atoms with Crippen molar-refractivity contribution < 1.29 is 14.3 Å². The van der Waals surface area contributed by atoms with E-state index < -0.39 is 0 Å². The van der Waals surface area contributed by atoms with Gasteiger partial charge in [0.05, 0.1) is 0 Å². The molecule has 0 heterocycles. The lowest BCUT2D eigenvalue weighted by Gasteiger charge is -2.25. The predicted octanol–water partition coefficient (Wildman–Crippen LogP) is 8.11. The molecule has 0 bridgehead atoms. The number of carbonyl (C=O) groups excluding carboxylic acids is 1. The van der Waals surface area contributed by atoms with E-state index in [1.807, 2.05) is 89.2 Å². The summed E-state index contributed by atoms with van der Waals surface area (Å²) >= 11 is 0. The first kappa shape index (κ1) is 24.6. The van der Waals surface area contributed by atoms with Crippen molar-refractivity contribution >= 4 is 5.78 Å². The van der Waals surface area contributed by atoms with E-state index in [0.717, 1.165) is 28.2 Å². The fourth-order valence-electron chi connectivity index (χ4n) is 3.69. The molecule has 0 radical (unpaired) electrons. The average Bonchev–Trinajstić information content (AvgIpc) is 2.73. The lowest BCUT2D eigenvalue weighted by molar-refractivity contribution is 0.103.